The lowest BCUT2D eigenvalue weighted by Gasteiger charge is -2.16. The van der Waals surface area contributed by atoms with E-state index in [1.807, 2.05) is 36.4 Å². The Morgan fingerprint density at radius 2 is 1.44 bits per heavy atom. The fourth-order valence-electron chi connectivity index (χ4n) is 3.14. The fraction of sp³-hybridized carbons (Fsp3) is 0.0455. The number of Topliss-reactive ketones (excluding diaryl/α,β-unsaturated/α-hetero) is 1. The van der Waals surface area contributed by atoms with Crippen LogP contribution in [0.1, 0.15) is 36.7 Å². The Labute approximate surface area is 164 Å². The summed E-state index contributed by atoms with van der Waals surface area (Å²) in [6.07, 6.45) is 0. The maximum Gasteiger partial charge on any atom is 0.306 e. The summed E-state index contributed by atoms with van der Waals surface area (Å²) in [5, 5.41) is 0. The molecule has 1 unspecified atom stereocenters. The Balaban J connectivity index is 1.73. The molecule has 3 aromatic carbocycles. The first-order valence-corrected chi connectivity index (χ1v) is 9.30. The monoisotopic (exact) mass is 419 g/mol. The molecule has 1 aliphatic heterocycles. The number of nitrogens with zero attached hydrogens (tertiary/aromatic N) is 1. The van der Waals surface area contributed by atoms with Gasteiger partial charge in [-0.05, 0) is 35.4 Å². The molecule has 1 atom stereocenters. The molecular formula is C22H14BrNO3. The lowest BCUT2D eigenvalue weighted by atomic mass is 10.0. The van der Waals surface area contributed by atoms with Gasteiger partial charge in [-0.1, -0.05) is 70.5 Å². The number of ketones is 1. The van der Waals surface area contributed by atoms with Crippen LogP contribution in [0.15, 0.2) is 78.9 Å². The third-order valence-electron chi connectivity index (χ3n) is 4.51. The minimum absolute atomic E-state index is 0.120. The van der Waals surface area contributed by atoms with Crippen molar-refractivity contribution in [3.8, 4) is 0 Å². The molecule has 27 heavy (non-hydrogen) atoms. The number of benzene rings is 3. The zero-order valence-electron chi connectivity index (χ0n) is 14.1. The molecule has 1 heterocycles. The quantitative estimate of drug-likeness (QED) is 0.355. The molecule has 0 fully saturated rings. The number of fused-ring (bicyclic) bond motifs is 1. The summed E-state index contributed by atoms with van der Waals surface area (Å²) in [6, 6.07) is 23.4. The number of amides is 2. The van der Waals surface area contributed by atoms with Crippen molar-refractivity contribution in [2.24, 2.45) is 0 Å². The van der Waals surface area contributed by atoms with Crippen molar-refractivity contribution < 1.29 is 14.4 Å². The minimum Gasteiger partial charge on any atom is -0.283 e. The van der Waals surface area contributed by atoms with E-state index in [0.29, 0.717) is 11.3 Å². The van der Waals surface area contributed by atoms with Crippen LogP contribution in [0.3, 0.4) is 0 Å². The highest BCUT2D eigenvalue weighted by molar-refractivity contribution is 9.09. The number of imide groups is 1. The van der Waals surface area contributed by atoms with Gasteiger partial charge in [-0.15, -0.1) is 0 Å². The Morgan fingerprint density at radius 1 is 0.815 bits per heavy atom. The predicted octanol–water partition coefficient (Wildman–Crippen LogP) is 4.54. The van der Waals surface area contributed by atoms with Crippen molar-refractivity contribution in [3.05, 3.63) is 101 Å². The molecule has 0 saturated carbocycles. The molecule has 4 nitrogen and oxygen atoms in total. The van der Waals surface area contributed by atoms with Gasteiger partial charge < -0.3 is 0 Å². The number of halogens is 1. The van der Waals surface area contributed by atoms with Crippen LogP contribution in [0.25, 0.3) is 0 Å². The van der Waals surface area contributed by atoms with Crippen molar-refractivity contribution >= 4 is 39.2 Å². The van der Waals surface area contributed by atoms with Crippen LogP contribution in [0, 0.1) is 0 Å². The fourth-order valence-corrected chi connectivity index (χ4v) is 3.73. The molecule has 0 aromatic heterocycles. The van der Waals surface area contributed by atoms with E-state index in [-0.39, 0.29) is 10.4 Å². The molecule has 0 radical (unpaired) electrons. The average molecular weight is 420 g/mol. The van der Waals surface area contributed by atoms with Crippen LogP contribution >= 0.6 is 15.9 Å². The maximum atomic E-state index is 12.7. The maximum absolute atomic E-state index is 12.7. The van der Waals surface area contributed by atoms with Crippen molar-refractivity contribution in [2.45, 2.75) is 4.83 Å². The normalized spacial score (nSPS) is 14.2. The highest BCUT2D eigenvalue weighted by Crippen LogP contribution is 2.36. The van der Waals surface area contributed by atoms with Crippen LogP contribution < -0.4 is 4.90 Å². The van der Waals surface area contributed by atoms with Crippen molar-refractivity contribution in [3.63, 3.8) is 0 Å². The van der Waals surface area contributed by atoms with Crippen LogP contribution in [-0.4, -0.2) is 17.6 Å². The van der Waals surface area contributed by atoms with Gasteiger partial charge in [0.2, 0.25) is 0 Å². The third-order valence-corrected chi connectivity index (χ3v) is 5.57. The third kappa shape index (κ3) is 3.00. The molecular weight excluding hydrogens is 406 g/mol. The number of rotatable bonds is 3. The second-order valence-corrected chi connectivity index (χ2v) is 7.11. The van der Waals surface area contributed by atoms with E-state index in [2.05, 4.69) is 15.9 Å². The van der Waals surface area contributed by atoms with Gasteiger partial charge in [-0.2, -0.15) is 0 Å². The zero-order valence-corrected chi connectivity index (χ0v) is 15.7. The minimum atomic E-state index is -0.818. The smallest absolute Gasteiger partial charge is 0.283 e. The number of carbonyl (C=O) groups is 3. The van der Waals surface area contributed by atoms with Crippen molar-refractivity contribution in [2.75, 3.05) is 4.90 Å². The Bertz CT molecular complexity index is 1050. The zero-order chi connectivity index (χ0) is 19.0. The van der Waals surface area contributed by atoms with Crippen LogP contribution in [-0.2, 0) is 4.79 Å². The first-order chi connectivity index (χ1) is 13.1. The Kier molecular flexibility index (Phi) is 4.46. The van der Waals surface area contributed by atoms with E-state index in [1.165, 1.54) is 0 Å². The lowest BCUT2D eigenvalue weighted by molar-refractivity contribution is -0.113. The number of hydrogen-bond acceptors (Lipinski definition) is 3. The van der Waals surface area contributed by atoms with Gasteiger partial charge in [0.15, 0.2) is 0 Å². The summed E-state index contributed by atoms with van der Waals surface area (Å²) in [5.41, 5.74) is 2.82. The molecule has 1 aliphatic rings. The molecule has 0 bridgehead atoms. The molecule has 5 heteroatoms. The summed E-state index contributed by atoms with van der Waals surface area (Å²) in [4.78, 5) is 38.6. The number of alkyl halides is 1. The molecule has 0 aliphatic carbocycles. The molecule has 0 saturated heterocycles. The summed E-state index contributed by atoms with van der Waals surface area (Å²) in [6.45, 7) is 0. The first kappa shape index (κ1) is 17.4. The summed E-state index contributed by atoms with van der Waals surface area (Å²) < 4.78 is 0. The van der Waals surface area contributed by atoms with Crippen molar-refractivity contribution in [1.82, 2.24) is 0 Å². The van der Waals surface area contributed by atoms with E-state index in [4.69, 9.17) is 0 Å². The second kappa shape index (κ2) is 6.93. The SMILES string of the molecule is O=C1C(=O)N(C(=O)c2ccccc2)c2ccc(C(Br)c3ccccc3)cc21. The van der Waals surface area contributed by atoms with Crippen molar-refractivity contribution in [1.29, 1.82) is 0 Å². The molecule has 0 N–H and O–H groups in total. The lowest BCUT2D eigenvalue weighted by Crippen LogP contribution is -2.35. The second-order valence-electron chi connectivity index (χ2n) is 6.19. The summed E-state index contributed by atoms with van der Waals surface area (Å²) >= 11 is 3.64. The molecule has 4 rings (SSSR count). The average Bonchev–Trinajstić information content (AvgIpc) is 2.98. The van der Waals surface area contributed by atoms with Crippen LogP contribution in [0.2, 0.25) is 0 Å². The van der Waals surface area contributed by atoms with Crippen LogP contribution in [0.4, 0.5) is 5.69 Å². The van der Waals surface area contributed by atoms with Gasteiger partial charge in [0, 0.05) is 5.56 Å². The molecule has 3 aromatic rings. The van der Waals surface area contributed by atoms with Gasteiger partial charge in [0.1, 0.15) is 0 Å². The van der Waals surface area contributed by atoms with Gasteiger partial charge in [0.05, 0.1) is 16.1 Å². The topological polar surface area (TPSA) is 54.5 Å². The van der Waals surface area contributed by atoms with Gasteiger partial charge in [-0.3, -0.25) is 14.4 Å². The van der Waals surface area contributed by atoms with E-state index >= 15 is 0 Å². The highest BCUT2D eigenvalue weighted by atomic mass is 79.9. The molecule has 132 valence electrons. The number of carbonyl (C=O) groups excluding carboxylic acids is 3. The van der Waals surface area contributed by atoms with Gasteiger partial charge in [-0.25, -0.2) is 4.90 Å². The van der Waals surface area contributed by atoms with E-state index in [1.54, 1.807) is 42.5 Å². The van der Waals surface area contributed by atoms with Gasteiger partial charge in [0.25, 0.3) is 11.7 Å². The van der Waals surface area contributed by atoms with E-state index < -0.39 is 17.6 Å². The summed E-state index contributed by atoms with van der Waals surface area (Å²) in [5.74, 6) is -1.98. The summed E-state index contributed by atoms with van der Waals surface area (Å²) in [7, 11) is 0. The van der Waals surface area contributed by atoms with E-state index in [0.717, 1.165) is 16.0 Å². The van der Waals surface area contributed by atoms with Crippen LogP contribution in [0.5, 0.6) is 0 Å². The Morgan fingerprint density at radius 3 is 2.11 bits per heavy atom. The van der Waals surface area contributed by atoms with E-state index in [9.17, 15) is 14.4 Å². The highest BCUT2D eigenvalue weighted by Gasteiger charge is 2.40. The first-order valence-electron chi connectivity index (χ1n) is 8.39. The number of anilines is 1. The molecule has 0 spiro atoms. The largest absolute Gasteiger partial charge is 0.306 e. The predicted molar refractivity (Wildman–Crippen MR) is 106 cm³/mol. The Hall–Kier alpha value is -3.05. The number of hydrogen-bond donors (Lipinski definition) is 0. The van der Waals surface area contributed by atoms with Gasteiger partial charge >= 0.3 is 5.91 Å². The molecule has 2 amide bonds. The standard InChI is InChI=1S/C22H14BrNO3/c23-19(14-7-3-1-4-8-14)16-11-12-18-17(13-16)20(25)22(27)24(18)21(26)15-9-5-2-6-10-15/h1-13,19H.